The first-order valence-corrected chi connectivity index (χ1v) is 4.80. The summed E-state index contributed by atoms with van der Waals surface area (Å²) in [4.78, 5) is 23.6. The zero-order valence-corrected chi connectivity index (χ0v) is 9.31. The first-order valence-electron chi connectivity index (χ1n) is 4.80. The molecule has 0 atom stereocenters. The minimum atomic E-state index is -0.492. The van der Waals surface area contributed by atoms with Gasteiger partial charge in [0.1, 0.15) is 0 Å². The minimum absolute atomic E-state index is 0.0505. The molecule has 0 unspecified atom stereocenters. The lowest BCUT2D eigenvalue weighted by molar-refractivity contribution is -0.113. The van der Waals surface area contributed by atoms with Gasteiger partial charge < -0.3 is 10.6 Å². The third kappa shape index (κ3) is 3.24. The summed E-state index contributed by atoms with van der Waals surface area (Å²) in [5, 5.41) is 0. The van der Waals surface area contributed by atoms with E-state index in [1.807, 2.05) is 0 Å². The van der Waals surface area contributed by atoms with Crippen LogP contribution in [-0.4, -0.2) is 30.8 Å². The molecule has 0 aliphatic carbocycles. The molecule has 0 saturated heterocycles. The first kappa shape index (κ1) is 12.0. The van der Waals surface area contributed by atoms with Crippen LogP contribution in [0.25, 0.3) is 6.08 Å². The van der Waals surface area contributed by atoms with E-state index in [1.165, 1.54) is 11.0 Å². The predicted octanol–water partition coefficient (Wildman–Crippen LogP) is 0.887. The van der Waals surface area contributed by atoms with Gasteiger partial charge >= 0.3 is 0 Å². The molecule has 0 aromatic heterocycles. The van der Waals surface area contributed by atoms with Gasteiger partial charge in [0.25, 0.3) is 5.91 Å². The Morgan fingerprint density at radius 3 is 2.19 bits per heavy atom. The van der Waals surface area contributed by atoms with E-state index in [4.69, 9.17) is 5.73 Å². The van der Waals surface area contributed by atoms with Gasteiger partial charge in [-0.25, -0.2) is 0 Å². The van der Waals surface area contributed by atoms with Gasteiger partial charge in [-0.3, -0.25) is 9.59 Å². The maximum absolute atomic E-state index is 11.6. The number of nitrogens with two attached hydrogens (primary N) is 1. The smallest absolute Gasteiger partial charge is 0.253 e. The van der Waals surface area contributed by atoms with E-state index in [0.29, 0.717) is 5.56 Å². The lowest BCUT2D eigenvalue weighted by Crippen LogP contribution is -2.21. The summed E-state index contributed by atoms with van der Waals surface area (Å²) in [6.07, 6.45) is 2.88. The Labute approximate surface area is 94.4 Å². The Morgan fingerprint density at radius 2 is 1.75 bits per heavy atom. The van der Waals surface area contributed by atoms with Gasteiger partial charge in [-0.1, -0.05) is 12.1 Å². The van der Waals surface area contributed by atoms with Crippen molar-refractivity contribution in [3.63, 3.8) is 0 Å². The molecule has 1 aromatic rings. The van der Waals surface area contributed by atoms with Crippen LogP contribution < -0.4 is 5.73 Å². The number of primary amides is 1. The van der Waals surface area contributed by atoms with Crippen LogP contribution in [0.2, 0.25) is 0 Å². The third-order valence-electron chi connectivity index (χ3n) is 2.00. The first-order chi connectivity index (χ1) is 7.50. The molecule has 4 nitrogen and oxygen atoms in total. The molecule has 0 aliphatic rings. The molecule has 4 heteroatoms. The Hall–Kier alpha value is -2.10. The largest absolute Gasteiger partial charge is 0.366 e. The minimum Gasteiger partial charge on any atom is -0.366 e. The van der Waals surface area contributed by atoms with Gasteiger partial charge in [0.15, 0.2) is 0 Å². The Morgan fingerprint density at radius 1 is 1.19 bits per heavy atom. The Kier molecular flexibility index (Phi) is 3.83. The topological polar surface area (TPSA) is 63.4 Å². The summed E-state index contributed by atoms with van der Waals surface area (Å²) in [6, 6.07) is 6.94. The highest BCUT2D eigenvalue weighted by molar-refractivity contribution is 5.94. The van der Waals surface area contributed by atoms with E-state index < -0.39 is 5.91 Å². The van der Waals surface area contributed by atoms with E-state index in [2.05, 4.69) is 0 Å². The van der Waals surface area contributed by atoms with E-state index in [9.17, 15) is 9.59 Å². The Balaban J connectivity index is 2.83. The Bertz CT molecular complexity index is 419. The fourth-order valence-electron chi connectivity index (χ4n) is 1.17. The molecule has 1 aromatic carbocycles. The molecule has 2 amide bonds. The summed E-state index contributed by atoms with van der Waals surface area (Å²) < 4.78 is 0. The van der Waals surface area contributed by atoms with Gasteiger partial charge in [-0.05, 0) is 23.8 Å². The number of amides is 2. The van der Waals surface area contributed by atoms with Crippen molar-refractivity contribution in [3.05, 3.63) is 41.5 Å². The molecule has 2 N–H and O–H groups in total. The SMILES string of the molecule is CN(C)C(=O)c1ccc(/C=C/C(N)=O)cc1. The van der Waals surface area contributed by atoms with E-state index in [1.54, 1.807) is 44.4 Å². The van der Waals surface area contributed by atoms with E-state index >= 15 is 0 Å². The lowest BCUT2D eigenvalue weighted by Gasteiger charge is -2.09. The van der Waals surface area contributed by atoms with Crippen LogP contribution in [0.5, 0.6) is 0 Å². The second-order valence-electron chi connectivity index (χ2n) is 3.56. The number of hydrogen-bond donors (Lipinski definition) is 1. The fourth-order valence-corrected chi connectivity index (χ4v) is 1.17. The van der Waals surface area contributed by atoms with Gasteiger partial charge in [-0.15, -0.1) is 0 Å². The van der Waals surface area contributed by atoms with Crippen molar-refractivity contribution in [2.24, 2.45) is 5.73 Å². The average molecular weight is 218 g/mol. The van der Waals surface area contributed by atoms with Gasteiger partial charge in [0.05, 0.1) is 0 Å². The van der Waals surface area contributed by atoms with Crippen LogP contribution in [0.4, 0.5) is 0 Å². The zero-order valence-electron chi connectivity index (χ0n) is 9.31. The maximum atomic E-state index is 11.6. The van der Waals surface area contributed by atoms with Crippen LogP contribution in [0.3, 0.4) is 0 Å². The number of benzene rings is 1. The van der Waals surface area contributed by atoms with Crippen LogP contribution in [0, 0.1) is 0 Å². The molecule has 0 aliphatic heterocycles. The van der Waals surface area contributed by atoms with Crippen molar-refractivity contribution >= 4 is 17.9 Å². The second kappa shape index (κ2) is 5.11. The van der Waals surface area contributed by atoms with E-state index in [0.717, 1.165) is 5.56 Å². The van der Waals surface area contributed by atoms with Crippen molar-refractivity contribution < 1.29 is 9.59 Å². The molecule has 1 rings (SSSR count). The van der Waals surface area contributed by atoms with Crippen molar-refractivity contribution in [2.75, 3.05) is 14.1 Å². The normalized spacial score (nSPS) is 10.4. The highest BCUT2D eigenvalue weighted by Gasteiger charge is 2.06. The van der Waals surface area contributed by atoms with Gasteiger partial charge in [0, 0.05) is 25.7 Å². The van der Waals surface area contributed by atoms with Crippen LogP contribution >= 0.6 is 0 Å². The molecule has 0 radical (unpaired) electrons. The van der Waals surface area contributed by atoms with E-state index in [-0.39, 0.29) is 5.91 Å². The molecule has 16 heavy (non-hydrogen) atoms. The zero-order chi connectivity index (χ0) is 12.1. The molecule has 0 fully saturated rings. The van der Waals surface area contributed by atoms with Gasteiger partial charge in [0.2, 0.25) is 5.91 Å². The van der Waals surface area contributed by atoms with Crippen molar-refractivity contribution in [3.8, 4) is 0 Å². The molecular weight excluding hydrogens is 204 g/mol. The van der Waals surface area contributed by atoms with Crippen LogP contribution in [0.1, 0.15) is 15.9 Å². The third-order valence-corrected chi connectivity index (χ3v) is 2.00. The predicted molar refractivity (Wildman–Crippen MR) is 62.7 cm³/mol. The quantitative estimate of drug-likeness (QED) is 0.766. The number of carbonyl (C=O) groups is 2. The van der Waals surface area contributed by atoms with Crippen molar-refractivity contribution in [1.82, 2.24) is 4.90 Å². The standard InChI is InChI=1S/C12H14N2O2/c1-14(2)12(16)10-6-3-9(4-7-10)5-8-11(13)15/h3-8H,1-2H3,(H2,13,15)/b8-5+. The molecule has 84 valence electrons. The summed E-state index contributed by atoms with van der Waals surface area (Å²) in [7, 11) is 3.40. The summed E-state index contributed by atoms with van der Waals surface area (Å²) in [5.41, 5.74) is 6.41. The van der Waals surface area contributed by atoms with Gasteiger partial charge in [-0.2, -0.15) is 0 Å². The molecular formula is C12H14N2O2. The number of hydrogen-bond acceptors (Lipinski definition) is 2. The average Bonchev–Trinajstić information content (AvgIpc) is 2.26. The number of nitrogens with zero attached hydrogens (tertiary/aromatic N) is 1. The number of rotatable bonds is 3. The molecule has 0 spiro atoms. The van der Waals surface area contributed by atoms with Crippen LogP contribution in [0.15, 0.2) is 30.3 Å². The molecule has 0 saturated carbocycles. The molecule has 0 bridgehead atoms. The highest BCUT2D eigenvalue weighted by atomic mass is 16.2. The maximum Gasteiger partial charge on any atom is 0.253 e. The van der Waals surface area contributed by atoms with Crippen molar-refractivity contribution in [2.45, 2.75) is 0 Å². The lowest BCUT2D eigenvalue weighted by atomic mass is 10.1. The molecule has 0 heterocycles. The summed E-state index contributed by atoms with van der Waals surface area (Å²) in [6.45, 7) is 0. The monoisotopic (exact) mass is 218 g/mol. The summed E-state index contributed by atoms with van der Waals surface area (Å²) >= 11 is 0. The van der Waals surface area contributed by atoms with Crippen LogP contribution in [-0.2, 0) is 4.79 Å². The van der Waals surface area contributed by atoms with Crippen molar-refractivity contribution in [1.29, 1.82) is 0 Å². The highest BCUT2D eigenvalue weighted by Crippen LogP contribution is 2.07. The second-order valence-corrected chi connectivity index (χ2v) is 3.56. The number of carbonyl (C=O) groups excluding carboxylic acids is 2. The fraction of sp³-hybridized carbons (Fsp3) is 0.167. The summed E-state index contributed by atoms with van der Waals surface area (Å²) in [5.74, 6) is -0.543.